The van der Waals surface area contributed by atoms with Gasteiger partial charge in [-0.1, -0.05) is 11.8 Å². The van der Waals surface area contributed by atoms with Crippen LogP contribution in [0.2, 0.25) is 0 Å². The zero-order valence-corrected chi connectivity index (χ0v) is 13.2. The van der Waals surface area contributed by atoms with E-state index in [2.05, 4.69) is 11.1 Å². The number of methoxy groups -OCH3 is 1. The summed E-state index contributed by atoms with van der Waals surface area (Å²) < 4.78 is 5.12. The standard InChI is InChI=1S/C15H19N3O2S/c1-11-7-12(9-20-2)13(8-16)15(17-11)21-10-14(19)18-5-3-4-6-18/h7H,3-6,9-10H2,1-2H3. The molecule has 1 saturated heterocycles. The van der Waals surface area contributed by atoms with Crippen molar-refractivity contribution in [3.05, 3.63) is 22.9 Å². The molecular weight excluding hydrogens is 286 g/mol. The van der Waals surface area contributed by atoms with Crippen LogP contribution in [-0.4, -0.2) is 41.7 Å². The van der Waals surface area contributed by atoms with Crippen LogP contribution in [0.15, 0.2) is 11.1 Å². The Balaban J connectivity index is 2.11. The van der Waals surface area contributed by atoms with E-state index in [9.17, 15) is 10.1 Å². The lowest BCUT2D eigenvalue weighted by Crippen LogP contribution is -2.29. The van der Waals surface area contributed by atoms with Crippen molar-refractivity contribution in [2.75, 3.05) is 26.0 Å². The Bertz CT molecular complexity index is 563. The van der Waals surface area contributed by atoms with Gasteiger partial charge in [-0.25, -0.2) is 4.98 Å². The highest BCUT2D eigenvalue weighted by molar-refractivity contribution is 8.00. The van der Waals surface area contributed by atoms with Crippen LogP contribution in [0.4, 0.5) is 0 Å². The number of ether oxygens (including phenoxy) is 1. The lowest BCUT2D eigenvalue weighted by Gasteiger charge is -2.15. The van der Waals surface area contributed by atoms with Crippen LogP contribution < -0.4 is 0 Å². The molecular formula is C15H19N3O2S. The minimum atomic E-state index is 0.123. The topological polar surface area (TPSA) is 66.2 Å². The molecule has 5 nitrogen and oxygen atoms in total. The normalized spacial score (nSPS) is 14.2. The fraction of sp³-hybridized carbons (Fsp3) is 0.533. The Morgan fingerprint density at radius 1 is 1.52 bits per heavy atom. The lowest BCUT2D eigenvalue weighted by molar-refractivity contribution is -0.127. The number of thioether (sulfide) groups is 1. The maximum Gasteiger partial charge on any atom is 0.232 e. The van der Waals surface area contributed by atoms with E-state index in [4.69, 9.17) is 4.74 Å². The molecule has 1 amide bonds. The molecule has 0 atom stereocenters. The summed E-state index contributed by atoms with van der Waals surface area (Å²) in [5, 5.41) is 9.96. The van der Waals surface area contributed by atoms with Crippen LogP contribution in [-0.2, 0) is 16.1 Å². The van der Waals surface area contributed by atoms with Crippen molar-refractivity contribution in [2.45, 2.75) is 31.4 Å². The minimum Gasteiger partial charge on any atom is -0.380 e. The first kappa shape index (κ1) is 15.8. The second kappa shape index (κ2) is 7.43. The van der Waals surface area contributed by atoms with Gasteiger partial charge in [-0.15, -0.1) is 0 Å². The van der Waals surface area contributed by atoms with Crippen LogP contribution in [0.3, 0.4) is 0 Å². The third-order valence-electron chi connectivity index (χ3n) is 3.40. The van der Waals surface area contributed by atoms with Gasteiger partial charge in [-0.05, 0) is 31.4 Å². The van der Waals surface area contributed by atoms with Crippen molar-refractivity contribution in [3.8, 4) is 6.07 Å². The summed E-state index contributed by atoms with van der Waals surface area (Å²) >= 11 is 1.34. The maximum absolute atomic E-state index is 12.1. The predicted octanol–water partition coefficient (Wildman–Crippen LogP) is 2.12. The second-order valence-corrected chi connectivity index (χ2v) is 5.99. The van der Waals surface area contributed by atoms with Crippen LogP contribution in [0, 0.1) is 18.3 Å². The summed E-state index contributed by atoms with van der Waals surface area (Å²) in [6, 6.07) is 4.04. The van der Waals surface area contributed by atoms with Gasteiger partial charge in [-0.3, -0.25) is 4.79 Å². The number of aromatic nitrogens is 1. The SMILES string of the molecule is COCc1cc(C)nc(SCC(=O)N2CCCC2)c1C#N. The number of aryl methyl sites for hydroxylation is 1. The molecule has 0 aromatic carbocycles. The summed E-state index contributed by atoms with van der Waals surface area (Å²) in [7, 11) is 1.60. The van der Waals surface area contributed by atoms with E-state index in [1.165, 1.54) is 11.8 Å². The lowest BCUT2D eigenvalue weighted by atomic mass is 10.1. The smallest absolute Gasteiger partial charge is 0.232 e. The molecule has 0 radical (unpaired) electrons. The molecule has 2 heterocycles. The van der Waals surface area contributed by atoms with Gasteiger partial charge >= 0.3 is 0 Å². The zero-order valence-electron chi connectivity index (χ0n) is 12.4. The Labute approximate surface area is 129 Å². The number of nitriles is 1. The average molecular weight is 305 g/mol. The number of likely N-dealkylation sites (tertiary alicyclic amines) is 1. The number of hydrogen-bond donors (Lipinski definition) is 0. The Morgan fingerprint density at radius 2 is 2.24 bits per heavy atom. The number of rotatable bonds is 5. The van der Waals surface area contributed by atoms with Crippen LogP contribution in [0.1, 0.15) is 29.7 Å². The second-order valence-electron chi connectivity index (χ2n) is 5.02. The number of nitrogens with zero attached hydrogens (tertiary/aromatic N) is 3. The zero-order chi connectivity index (χ0) is 15.2. The fourth-order valence-corrected chi connectivity index (χ4v) is 3.36. The first-order chi connectivity index (χ1) is 10.2. The number of pyridine rings is 1. The van der Waals surface area contributed by atoms with Crippen LogP contribution >= 0.6 is 11.8 Å². The molecule has 2 rings (SSSR count). The molecule has 1 aliphatic rings. The largest absolute Gasteiger partial charge is 0.380 e. The van der Waals surface area contributed by atoms with Crippen molar-refractivity contribution in [2.24, 2.45) is 0 Å². The number of carbonyl (C=O) groups excluding carboxylic acids is 1. The van der Waals surface area contributed by atoms with E-state index >= 15 is 0 Å². The Morgan fingerprint density at radius 3 is 2.86 bits per heavy atom. The van der Waals surface area contributed by atoms with Gasteiger partial charge in [0.05, 0.1) is 17.9 Å². The summed E-state index contributed by atoms with van der Waals surface area (Å²) in [5.41, 5.74) is 2.17. The summed E-state index contributed by atoms with van der Waals surface area (Å²) in [4.78, 5) is 18.4. The fourth-order valence-electron chi connectivity index (χ4n) is 2.39. The highest BCUT2D eigenvalue weighted by atomic mass is 32.2. The van der Waals surface area contributed by atoms with Gasteiger partial charge in [0, 0.05) is 25.9 Å². The third-order valence-corrected chi connectivity index (χ3v) is 4.36. The monoisotopic (exact) mass is 305 g/mol. The van der Waals surface area contributed by atoms with E-state index in [1.807, 2.05) is 17.9 Å². The van der Waals surface area contributed by atoms with Crippen molar-refractivity contribution >= 4 is 17.7 Å². The molecule has 1 aromatic rings. The van der Waals surface area contributed by atoms with E-state index in [0.717, 1.165) is 37.2 Å². The molecule has 0 N–H and O–H groups in total. The molecule has 1 fully saturated rings. The van der Waals surface area contributed by atoms with Crippen molar-refractivity contribution < 1.29 is 9.53 Å². The van der Waals surface area contributed by atoms with E-state index in [-0.39, 0.29) is 5.91 Å². The van der Waals surface area contributed by atoms with Crippen LogP contribution in [0.5, 0.6) is 0 Å². The first-order valence-electron chi connectivity index (χ1n) is 6.96. The van der Waals surface area contributed by atoms with E-state index in [0.29, 0.717) is 22.9 Å². The van der Waals surface area contributed by atoms with Gasteiger partial charge in [0.2, 0.25) is 5.91 Å². The summed E-state index contributed by atoms with van der Waals surface area (Å²) in [5.74, 6) is 0.454. The first-order valence-corrected chi connectivity index (χ1v) is 7.94. The minimum absolute atomic E-state index is 0.123. The van der Waals surface area contributed by atoms with Crippen LogP contribution in [0.25, 0.3) is 0 Å². The molecule has 6 heteroatoms. The number of hydrogen-bond acceptors (Lipinski definition) is 5. The maximum atomic E-state index is 12.1. The molecule has 21 heavy (non-hydrogen) atoms. The molecule has 0 saturated carbocycles. The molecule has 0 unspecified atom stereocenters. The van der Waals surface area contributed by atoms with Gasteiger partial charge in [0.15, 0.2) is 0 Å². The van der Waals surface area contributed by atoms with Crippen molar-refractivity contribution in [1.29, 1.82) is 5.26 Å². The summed E-state index contributed by atoms with van der Waals surface area (Å²) in [6.07, 6.45) is 2.17. The highest BCUT2D eigenvalue weighted by Gasteiger charge is 2.19. The van der Waals surface area contributed by atoms with Gasteiger partial charge in [0.1, 0.15) is 11.1 Å². The van der Waals surface area contributed by atoms with E-state index in [1.54, 1.807) is 7.11 Å². The van der Waals surface area contributed by atoms with Gasteiger partial charge < -0.3 is 9.64 Å². The molecule has 0 bridgehead atoms. The molecule has 0 spiro atoms. The third kappa shape index (κ3) is 3.96. The highest BCUT2D eigenvalue weighted by Crippen LogP contribution is 2.25. The number of carbonyl (C=O) groups is 1. The van der Waals surface area contributed by atoms with Crippen molar-refractivity contribution in [1.82, 2.24) is 9.88 Å². The summed E-state index contributed by atoms with van der Waals surface area (Å²) in [6.45, 7) is 3.95. The predicted molar refractivity (Wildman–Crippen MR) is 80.9 cm³/mol. The average Bonchev–Trinajstić information content (AvgIpc) is 2.99. The van der Waals surface area contributed by atoms with Gasteiger partial charge in [0.25, 0.3) is 0 Å². The Hall–Kier alpha value is -1.58. The molecule has 0 aliphatic carbocycles. The molecule has 1 aliphatic heterocycles. The Kier molecular flexibility index (Phi) is 5.59. The molecule has 112 valence electrons. The number of amides is 1. The van der Waals surface area contributed by atoms with E-state index < -0.39 is 0 Å². The van der Waals surface area contributed by atoms with Crippen molar-refractivity contribution in [3.63, 3.8) is 0 Å². The quantitative estimate of drug-likeness (QED) is 0.780. The van der Waals surface area contributed by atoms with Gasteiger partial charge in [-0.2, -0.15) is 5.26 Å². The molecule has 1 aromatic heterocycles.